The second-order valence-electron chi connectivity index (χ2n) is 4.07. The summed E-state index contributed by atoms with van der Waals surface area (Å²) in [7, 11) is 2.91. The topological polar surface area (TPSA) is 9.23 Å². The van der Waals surface area contributed by atoms with E-state index in [0.717, 1.165) is 5.75 Å². The molecule has 1 aromatic rings. The van der Waals surface area contributed by atoms with Gasteiger partial charge in [-0.3, -0.25) is 0 Å². The van der Waals surface area contributed by atoms with Gasteiger partial charge in [-0.05, 0) is 23.0 Å². The molecule has 1 rings (SSSR count). The van der Waals surface area contributed by atoms with Gasteiger partial charge in [-0.2, -0.15) is 0 Å². The van der Waals surface area contributed by atoms with Crippen LogP contribution in [0.25, 0.3) is 0 Å². The van der Waals surface area contributed by atoms with Crippen LogP contribution in [-0.4, -0.2) is 14.4 Å². The van der Waals surface area contributed by atoms with E-state index < -0.39 is 0 Å². The Hall–Kier alpha value is -0.915. The van der Waals surface area contributed by atoms with Crippen LogP contribution in [0.5, 0.6) is 5.75 Å². The van der Waals surface area contributed by atoms with E-state index in [9.17, 15) is 0 Å². The first-order chi connectivity index (χ1) is 7.22. The molecule has 0 aliphatic heterocycles. The first-order valence-electron chi connectivity index (χ1n) is 5.87. The van der Waals surface area contributed by atoms with Crippen molar-refractivity contribution < 1.29 is 4.74 Å². The number of benzene rings is 1. The fraction of sp³-hybridized carbons (Fsp3) is 0.538. The van der Waals surface area contributed by atoms with Gasteiger partial charge in [-0.25, -0.2) is 0 Å². The van der Waals surface area contributed by atoms with Crippen LogP contribution in [0.4, 0.5) is 0 Å². The highest BCUT2D eigenvalue weighted by atomic mass is 16.5. The summed E-state index contributed by atoms with van der Waals surface area (Å²) in [6.45, 7) is 6.83. The van der Waals surface area contributed by atoms with Crippen molar-refractivity contribution >= 4 is 7.28 Å². The average molecular weight is 204 g/mol. The molecule has 0 aliphatic carbocycles. The summed E-state index contributed by atoms with van der Waals surface area (Å²) >= 11 is 0. The molecule has 0 heterocycles. The van der Waals surface area contributed by atoms with Crippen LogP contribution in [0, 0.1) is 0 Å². The predicted octanol–water partition coefficient (Wildman–Crippen LogP) is 3.20. The quantitative estimate of drug-likeness (QED) is 0.669. The lowest BCUT2D eigenvalue weighted by atomic mass is 9.48. The summed E-state index contributed by atoms with van der Waals surface area (Å²) in [6, 6.07) is 8.53. The number of hydrogen-bond acceptors (Lipinski definition) is 1. The maximum absolute atomic E-state index is 5.18. The van der Waals surface area contributed by atoms with Gasteiger partial charge in [0.25, 0.3) is 0 Å². The van der Waals surface area contributed by atoms with Crippen molar-refractivity contribution in [2.45, 2.75) is 38.8 Å². The largest absolute Gasteiger partial charge is 0.497 e. The molecular formula is C13H21BO. The molecule has 0 saturated heterocycles. The third-order valence-corrected chi connectivity index (χ3v) is 3.73. The van der Waals surface area contributed by atoms with Gasteiger partial charge in [-0.15, -0.1) is 0 Å². The zero-order valence-electron chi connectivity index (χ0n) is 10.3. The van der Waals surface area contributed by atoms with Crippen LogP contribution >= 0.6 is 0 Å². The average Bonchev–Trinajstić information content (AvgIpc) is 2.33. The van der Waals surface area contributed by atoms with Crippen molar-refractivity contribution in [2.75, 3.05) is 7.11 Å². The molecule has 0 amide bonds. The van der Waals surface area contributed by atoms with Crippen molar-refractivity contribution in [3.63, 3.8) is 0 Å². The molecule has 15 heavy (non-hydrogen) atoms. The molecule has 0 aromatic heterocycles. The zero-order chi connectivity index (χ0) is 11.3. The Balaban J connectivity index is 3.01. The van der Waals surface area contributed by atoms with Crippen molar-refractivity contribution in [1.29, 1.82) is 0 Å². The second kappa shape index (κ2) is 5.25. The maximum Gasteiger partial charge on any atom is 0.130 e. The van der Waals surface area contributed by atoms with E-state index in [-0.39, 0.29) is 0 Å². The molecule has 0 spiro atoms. The van der Waals surface area contributed by atoms with E-state index in [1.807, 2.05) is 0 Å². The first-order valence-corrected chi connectivity index (χ1v) is 5.87. The second-order valence-corrected chi connectivity index (χ2v) is 4.07. The van der Waals surface area contributed by atoms with Gasteiger partial charge in [0, 0.05) is 0 Å². The van der Waals surface area contributed by atoms with Crippen molar-refractivity contribution in [3.05, 3.63) is 29.8 Å². The van der Waals surface area contributed by atoms with Crippen LogP contribution in [0.2, 0.25) is 6.82 Å². The normalized spacial score (nSPS) is 11.2. The minimum Gasteiger partial charge on any atom is -0.497 e. The summed E-state index contributed by atoms with van der Waals surface area (Å²) in [5.74, 6) is 0.941. The molecule has 82 valence electrons. The molecule has 0 radical (unpaired) electrons. The zero-order valence-corrected chi connectivity index (χ0v) is 10.3. The third kappa shape index (κ3) is 2.36. The Morgan fingerprint density at radius 2 is 1.67 bits per heavy atom. The first kappa shape index (κ1) is 12.2. The molecule has 0 N–H and O–H groups in total. The molecule has 1 aromatic carbocycles. The Bertz CT molecular complexity index is 280. The van der Waals surface area contributed by atoms with Gasteiger partial charge in [0.05, 0.1) is 7.11 Å². The summed E-state index contributed by atoms with van der Waals surface area (Å²) < 4.78 is 5.18. The van der Waals surface area contributed by atoms with Crippen molar-refractivity contribution in [3.8, 4) is 5.75 Å². The molecule has 0 fully saturated rings. The van der Waals surface area contributed by atoms with Crippen LogP contribution in [0.1, 0.15) is 32.3 Å². The molecule has 2 heteroatoms. The minimum atomic E-state index is 0.353. The highest BCUT2D eigenvalue weighted by molar-refractivity contribution is 6.38. The van der Waals surface area contributed by atoms with E-state index in [1.54, 1.807) is 7.11 Å². The number of methoxy groups -OCH3 is 1. The van der Waals surface area contributed by atoms with Gasteiger partial charge in [0.2, 0.25) is 0 Å². The van der Waals surface area contributed by atoms with Crippen molar-refractivity contribution in [2.24, 2.45) is 0 Å². The molecule has 0 unspecified atom stereocenters. The van der Waals surface area contributed by atoms with E-state index in [0.29, 0.717) is 5.31 Å². The predicted molar refractivity (Wildman–Crippen MR) is 68.3 cm³/mol. The minimum absolute atomic E-state index is 0.353. The van der Waals surface area contributed by atoms with E-state index in [4.69, 9.17) is 4.74 Å². The van der Waals surface area contributed by atoms with Gasteiger partial charge in [0.1, 0.15) is 13.0 Å². The van der Waals surface area contributed by atoms with Gasteiger partial charge in [-0.1, -0.05) is 45.6 Å². The van der Waals surface area contributed by atoms with E-state index in [2.05, 4.69) is 44.9 Å². The molecule has 1 nitrogen and oxygen atoms in total. The number of hydrogen-bond donors (Lipinski definition) is 0. The Morgan fingerprint density at radius 3 is 2.00 bits per heavy atom. The highest BCUT2D eigenvalue weighted by Crippen LogP contribution is 2.31. The SMILES string of the molecule is CBC(CC)(CC)c1ccc(OC)cc1. The fourth-order valence-corrected chi connectivity index (χ4v) is 2.31. The van der Waals surface area contributed by atoms with Gasteiger partial charge < -0.3 is 4.74 Å². The van der Waals surface area contributed by atoms with Crippen LogP contribution < -0.4 is 4.74 Å². The lowest BCUT2D eigenvalue weighted by molar-refractivity contribution is 0.414. The Kier molecular flexibility index (Phi) is 4.25. The lowest BCUT2D eigenvalue weighted by Crippen LogP contribution is -2.30. The molecule has 0 atom stereocenters. The summed E-state index contributed by atoms with van der Waals surface area (Å²) in [5.41, 5.74) is 1.44. The lowest BCUT2D eigenvalue weighted by Gasteiger charge is -2.30. The highest BCUT2D eigenvalue weighted by Gasteiger charge is 2.26. The Morgan fingerprint density at radius 1 is 1.13 bits per heavy atom. The van der Waals surface area contributed by atoms with Crippen LogP contribution in [0.15, 0.2) is 24.3 Å². The standard InChI is InChI=1S/C13H21BO/c1-5-13(6-2,14-3)11-7-9-12(15-4)10-8-11/h7-10,14H,5-6H2,1-4H3. The van der Waals surface area contributed by atoms with Crippen molar-refractivity contribution in [1.82, 2.24) is 0 Å². The fourth-order valence-electron chi connectivity index (χ4n) is 2.31. The number of rotatable bonds is 5. The molecule has 0 saturated carbocycles. The molecular weight excluding hydrogens is 183 g/mol. The molecule has 0 aliphatic rings. The summed E-state index contributed by atoms with van der Waals surface area (Å²) in [6.07, 6.45) is 2.40. The van der Waals surface area contributed by atoms with Gasteiger partial charge in [0.15, 0.2) is 0 Å². The maximum atomic E-state index is 5.18. The number of ether oxygens (including phenoxy) is 1. The monoisotopic (exact) mass is 204 g/mol. The van der Waals surface area contributed by atoms with Crippen LogP contribution in [-0.2, 0) is 5.31 Å². The molecule has 0 bridgehead atoms. The van der Waals surface area contributed by atoms with Crippen LogP contribution in [0.3, 0.4) is 0 Å². The van der Waals surface area contributed by atoms with E-state index >= 15 is 0 Å². The van der Waals surface area contributed by atoms with Gasteiger partial charge >= 0.3 is 0 Å². The third-order valence-electron chi connectivity index (χ3n) is 3.73. The Labute approximate surface area is 94.1 Å². The summed E-state index contributed by atoms with van der Waals surface area (Å²) in [5, 5.41) is 0.353. The summed E-state index contributed by atoms with van der Waals surface area (Å²) in [4.78, 5) is 0. The smallest absolute Gasteiger partial charge is 0.130 e. The van der Waals surface area contributed by atoms with E-state index in [1.165, 1.54) is 25.7 Å².